The van der Waals surface area contributed by atoms with E-state index in [-0.39, 0.29) is 17.6 Å². The summed E-state index contributed by atoms with van der Waals surface area (Å²) in [6, 6.07) is 6.15. The van der Waals surface area contributed by atoms with Crippen LogP contribution >= 0.6 is 0 Å². The second-order valence-electron chi connectivity index (χ2n) is 6.56. The Balaban J connectivity index is 2.08. The van der Waals surface area contributed by atoms with Crippen molar-refractivity contribution in [3.05, 3.63) is 35.6 Å². The highest BCUT2D eigenvalue weighted by Crippen LogP contribution is 2.35. The average molecular weight is 323 g/mol. The summed E-state index contributed by atoms with van der Waals surface area (Å²) in [6.07, 6.45) is 1.26. The SMILES string of the molecule is CC(C)C(O)CCNC(=O)C1(c2ccc(F)cc2)CCOCC1. The van der Waals surface area contributed by atoms with Crippen molar-refractivity contribution in [1.29, 1.82) is 0 Å². The van der Waals surface area contributed by atoms with Crippen LogP contribution in [0, 0.1) is 11.7 Å². The number of carbonyl (C=O) groups excluding carboxylic acids is 1. The van der Waals surface area contributed by atoms with Crippen molar-refractivity contribution >= 4 is 5.91 Å². The lowest BCUT2D eigenvalue weighted by Crippen LogP contribution is -2.48. The minimum absolute atomic E-state index is 0.0663. The highest BCUT2D eigenvalue weighted by atomic mass is 19.1. The maximum atomic E-state index is 13.2. The first-order valence-electron chi connectivity index (χ1n) is 8.26. The zero-order chi connectivity index (χ0) is 16.9. The van der Waals surface area contributed by atoms with Crippen LogP contribution < -0.4 is 5.32 Å². The van der Waals surface area contributed by atoms with E-state index in [1.165, 1.54) is 12.1 Å². The largest absolute Gasteiger partial charge is 0.393 e. The van der Waals surface area contributed by atoms with Gasteiger partial charge in [-0.3, -0.25) is 4.79 Å². The molecule has 1 aliphatic heterocycles. The smallest absolute Gasteiger partial charge is 0.230 e. The first-order valence-corrected chi connectivity index (χ1v) is 8.26. The van der Waals surface area contributed by atoms with E-state index in [0.717, 1.165) is 5.56 Å². The summed E-state index contributed by atoms with van der Waals surface area (Å²) in [5, 5.41) is 12.8. The molecule has 5 heteroatoms. The number of nitrogens with one attached hydrogen (secondary N) is 1. The van der Waals surface area contributed by atoms with Gasteiger partial charge in [-0.15, -0.1) is 0 Å². The molecular formula is C18H26FNO3. The van der Waals surface area contributed by atoms with Crippen molar-refractivity contribution < 1.29 is 19.0 Å². The number of rotatable bonds is 6. The predicted octanol–water partition coefficient (Wildman–Crippen LogP) is 2.40. The van der Waals surface area contributed by atoms with Gasteiger partial charge in [-0.05, 0) is 42.9 Å². The third kappa shape index (κ3) is 4.30. The van der Waals surface area contributed by atoms with Gasteiger partial charge in [0.2, 0.25) is 5.91 Å². The minimum Gasteiger partial charge on any atom is -0.393 e. The number of halogens is 1. The van der Waals surface area contributed by atoms with Crippen molar-refractivity contribution in [2.45, 2.75) is 44.6 Å². The lowest BCUT2D eigenvalue weighted by molar-refractivity contribution is -0.130. The number of aliphatic hydroxyl groups is 1. The molecule has 1 fully saturated rings. The van der Waals surface area contributed by atoms with Crippen LogP contribution in [0.5, 0.6) is 0 Å². The van der Waals surface area contributed by atoms with Gasteiger partial charge in [-0.1, -0.05) is 26.0 Å². The fourth-order valence-electron chi connectivity index (χ4n) is 2.97. The van der Waals surface area contributed by atoms with Crippen LogP contribution in [0.15, 0.2) is 24.3 Å². The molecular weight excluding hydrogens is 297 g/mol. The number of aliphatic hydroxyl groups excluding tert-OH is 1. The zero-order valence-electron chi connectivity index (χ0n) is 13.8. The van der Waals surface area contributed by atoms with Crippen LogP contribution in [0.2, 0.25) is 0 Å². The molecule has 1 unspecified atom stereocenters. The summed E-state index contributed by atoms with van der Waals surface area (Å²) in [5.74, 6) is -0.208. The second-order valence-corrected chi connectivity index (χ2v) is 6.56. The van der Waals surface area contributed by atoms with Crippen LogP contribution in [0.1, 0.15) is 38.7 Å². The quantitative estimate of drug-likeness (QED) is 0.845. The average Bonchev–Trinajstić information content (AvgIpc) is 2.55. The maximum absolute atomic E-state index is 13.2. The van der Waals surface area contributed by atoms with Gasteiger partial charge in [-0.2, -0.15) is 0 Å². The minimum atomic E-state index is -0.672. The third-order valence-electron chi connectivity index (χ3n) is 4.67. The predicted molar refractivity (Wildman–Crippen MR) is 86.6 cm³/mol. The summed E-state index contributed by atoms with van der Waals surface area (Å²) >= 11 is 0. The Hall–Kier alpha value is -1.46. The summed E-state index contributed by atoms with van der Waals surface area (Å²) < 4.78 is 18.6. The number of carbonyl (C=O) groups is 1. The van der Waals surface area contributed by atoms with Crippen LogP contribution in [-0.2, 0) is 14.9 Å². The summed E-state index contributed by atoms with van der Waals surface area (Å²) in [7, 11) is 0. The van der Waals surface area contributed by atoms with E-state index in [9.17, 15) is 14.3 Å². The van der Waals surface area contributed by atoms with Gasteiger partial charge >= 0.3 is 0 Å². The lowest BCUT2D eigenvalue weighted by Gasteiger charge is -2.36. The molecule has 4 nitrogen and oxygen atoms in total. The van der Waals surface area contributed by atoms with Crippen LogP contribution in [0.25, 0.3) is 0 Å². The monoisotopic (exact) mass is 323 g/mol. The Bertz CT molecular complexity index is 510. The van der Waals surface area contributed by atoms with Crippen LogP contribution in [0.4, 0.5) is 4.39 Å². The van der Waals surface area contributed by atoms with Crippen LogP contribution in [-0.4, -0.2) is 36.9 Å². The van der Waals surface area contributed by atoms with Crippen molar-refractivity contribution in [2.24, 2.45) is 5.92 Å². The van der Waals surface area contributed by atoms with Gasteiger partial charge in [0.15, 0.2) is 0 Å². The molecule has 23 heavy (non-hydrogen) atoms. The van der Waals surface area contributed by atoms with Gasteiger partial charge in [0.1, 0.15) is 5.82 Å². The Kier molecular flexibility index (Phi) is 6.13. The van der Waals surface area contributed by atoms with Crippen molar-refractivity contribution in [1.82, 2.24) is 5.32 Å². The zero-order valence-corrected chi connectivity index (χ0v) is 13.8. The number of hydrogen-bond acceptors (Lipinski definition) is 3. The molecule has 1 aromatic rings. The molecule has 0 radical (unpaired) electrons. The molecule has 2 N–H and O–H groups in total. The second kappa shape index (κ2) is 7.88. The molecule has 0 saturated carbocycles. The number of ether oxygens (including phenoxy) is 1. The van der Waals surface area contributed by atoms with Crippen molar-refractivity contribution in [3.63, 3.8) is 0 Å². The fraction of sp³-hybridized carbons (Fsp3) is 0.611. The van der Waals surface area contributed by atoms with E-state index < -0.39 is 11.5 Å². The highest BCUT2D eigenvalue weighted by molar-refractivity contribution is 5.88. The van der Waals surface area contributed by atoms with E-state index >= 15 is 0 Å². The molecule has 0 spiro atoms. The van der Waals surface area contributed by atoms with Gasteiger partial charge in [0, 0.05) is 19.8 Å². The topological polar surface area (TPSA) is 58.6 Å². The summed E-state index contributed by atoms with van der Waals surface area (Å²) in [5.41, 5.74) is 0.151. The number of amides is 1. The Morgan fingerprint density at radius 1 is 1.30 bits per heavy atom. The standard InChI is InChI=1S/C18H26FNO3/c1-13(2)16(21)7-10-20-17(22)18(8-11-23-12-9-18)14-3-5-15(19)6-4-14/h3-6,13,16,21H,7-12H2,1-2H3,(H,20,22). The van der Waals surface area contributed by atoms with E-state index in [4.69, 9.17) is 4.74 Å². The molecule has 1 saturated heterocycles. The van der Waals surface area contributed by atoms with Gasteiger partial charge in [0.05, 0.1) is 11.5 Å². The molecule has 1 aromatic carbocycles. The number of hydrogen-bond donors (Lipinski definition) is 2. The maximum Gasteiger partial charge on any atom is 0.230 e. The van der Waals surface area contributed by atoms with E-state index in [0.29, 0.717) is 39.0 Å². The summed E-state index contributed by atoms with van der Waals surface area (Å²) in [6.45, 7) is 5.36. The molecule has 2 rings (SSSR count). The molecule has 0 bridgehead atoms. The Labute approximate surface area is 137 Å². The summed E-state index contributed by atoms with van der Waals surface area (Å²) in [4.78, 5) is 12.8. The highest BCUT2D eigenvalue weighted by Gasteiger charge is 2.41. The molecule has 1 aliphatic rings. The Morgan fingerprint density at radius 3 is 2.48 bits per heavy atom. The normalized spacial score (nSPS) is 18.7. The van der Waals surface area contributed by atoms with E-state index in [1.54, 1.807) is 12.1 Å². The van der Waals surface area contributed by atoms with E-state index in [1.807, 2.05) is 13.8 Å². The molecule has 1 atom stereocenters. The molecule has 1 amide bonds. The molecule has 0 aromatic heterocycles. The first-order chi connectivity index (χ1) is 11.0. The first kappa shape index (κ1) is 17.9. The van der Waals surface area contributed by atoms with Crippen LogP contribution in [0.3, 0.4) is 0 Å². The molecule has 0 aliphatic carbocycles. The Morgan fingerprint density at radius 2 is 1.91 bits per heavy atom. The lowest BCUT2D eigenvalue weighted by atomic mass is 9.73. The third-order valence-corrected chi connectivity index (χ3v) is 4.67. The molecule has 1 heterocycles. The van der Waals surface area contributed by atoms with Gasteiger partial charge < -0.3 is 15.2 Å². The van der Waals surface area contributed by atoms with E-state index in [2.05, 4.69) is 5.32 Å². The van der Waals surface area contributed by atoms with Gasteiger partial charge in [0.25, 0.3) is 0 Å². The van der Waals surface area contributed by atoms with Crippen molar-refractivity contribution in [3.8, 4) is 0 Å². The number of benzene rings is 1. The fourth-order valence-corrected chi connectivity index (χ4v) is 2.97. The van der Waals surface area contributed by atoms with Crippen molar-refractivity contribution in [2.75, 3.05) is 19.8 Å². The molecule has 128 valence electrons. The van der Waals surface area contributed by atoms with Gasteiger partial charge in [-0.25, -0.2) is 4.39 Å².